The normalized spacial score (nSPS) is 15.3. The maximum Gasteiger partial charge on any atom is 0.340 e. The van der Waals surface area contributed by atoms with Crippen LogP contribution in [0.25, 0.3) is 0 Å². The molecule has 3 aromatic carbocycles. The van der Waals surface area contributed by atoms with Crippen molar-refractivity contribution in [1.82, 2.24) is 0 Å². The number of rotatable bonds is 8. The molecule has 1 aliphatic heterocycles. The van der Waals surface area contributed by atoms with E-state index in [9.17, 15) is 4.79 Å². The number of esters is 1. The van der Waals surface area contributed by atoms with E-state index < -0.39 is 22.2 Å². The van der Waals surface area contributed by atoms with Gasteiger partial charge in [0.25, 0.3) is 0 Å². The fraction of sp³-hybridized carbons (Fsp3) is 0.525. The highest BCUT2D eigenvalue weighted by Crippen LogP contribution is 2.52. The van der Waals surface area contributed by atoms with E-state index in [2.05, 4.69) is 140 Å². The molecule has 3 aromatic rings. The van der Waals surface area contributed by atoms with Gasteiger partial charge < -0.3 is 13.6 Å². The first-order valence-corrected chi connectivity index (χ1v) is 22.8. The molecule has 0 saturated heterocycles. The van der Waals surface area contributed by atoms with E-state index in [4.69, 9.17) is 13.6 Å². The summed E-state index contributed by atoms with van der Waals surface area (Å²) >= 11 is 0. The second kappa shape index (κ2) is 12.0. The molecular formula is C40H58O4Si2. The summed E-state index contributed by atoms with van der Waals surface area (Å²) in [7, 11) is -4.22. The lowest BCUT2D eigenvalue weighted by molar-refractivity contribution is 0.0247. The van der Waals surface area contributed by atoms with E-state index in [0.29, 0.717) is 5.56 Å². The van der Waals surface area contributed by atoms with E-state index in [-0.39, 0.29) is 27.9 Å². The molecule has 0 saturated carbocycles. The van der Waals surface area contributed by atoms with Crippen LogP contribution in [0.4, 0.5) is 0 Å². The summed E-state index contributed by atoms with van der Waals surface area (Å²) in [6, 6.07) is 16.8. The van der Waals surface area contributed by atoms with E-state index in [1.165, 1.54) is 0 Å². The van der Waals surface area contributed by atoms with Gasteiger partial charge in [-0.25, -0.2) is 4.79 Å². The van der Waals surface area contributed by atoms with Crippen LogP contribution in [0.1, 0.15) is 130 Å². The van der Waals surface area contributed by atoms with Crippen LogP contribution >= 0.6 is 0 Å². The van der Waals surface area contributed by atoms with Crippen molar-refractivity contribution in [1.29, 1.82) is 0 Å². The van der Waals surface area contributed by atoms with Gasteiger partial charge in [0, 0.05) is 16.7 Å². The summed E-state index contributed by atoms with van der Waals surface area (Å²) in [5, 5.41) is 0.126. The van der Waals surface area contributed by atoms with Crippen molar-refractivity contribution in [3.8, 4) is 11.5 Å². The predicted molar refractivity (Wildman–Crippen MR) is 198 cm³/mol. The number of aryl methyl sites for hydroxylation is 2. The Hall–Kier alpha value is -2.84. The molecular weight excluding hydrogens is 601 g/mol. The molecule has 0 aromatic heterocycles. The standard InChI is InChI=1S/C40H58O4Si2/c1-25(2)30-23-33(27(5)21-35(30)43-45(13,14)38(7,8)9)40(32-20-18-17-19-29(32)37(41)42-40)34-24-31(26(3)4)36(22-28(34)6)44-46(15,16)39(10,11)12/h17-26H,1-16H3. The van der Waals surface area contributed by atoms with Gasteiger partial charge in [-0.15, -0.1) is 0 Å². The number of hydrogen-bond donors (Lipinski definition) is 0. The van der Waals surface area contributed by atoms with E-state index in [1.807, 2.05) is 18.2 Å². The Morgan fingerprint density at radius 2 is 1.04 bits per heavy atom. The molecule has 0 unspecified atom stereocenters. The van der Waals surface area contributed by atoms with Crippen molar-refractivity contribution in [3.05, 3.63) is 93.0 Å². The maximum atomic E-state index is 13.8. The molecule has 4 rings (SSSR count). The van der Waals surface area contributed by atoms with Crippen molar-refractivity contribution < 1.29 is 18.4 Å². The van der Waals surface area contributed by atoms with E-state index in [1.54, 1.807) is 0 Å². The smallest absolute Gasteiger partial charge is 0.340 e. The molecule has 0 N–H and O–H groups in total. The topological polar surface area (TPSA) is 44.8 Å². The molecule has 0 amide bonds. The molecule has 4 nitrogen and oxygen atoms in total. The Kier molecular flexibility index (Phi) is 9.39. The molecule has 0 bridgehead atoms. The van der Waals surface area contributed by atoms with Crippen LogP contribution in [-0.4, -0.2) is 22.6 Å². The number of fused-ring (bicyclic) bond motifs is 1. The first-order chi connectivity index (χ1) is 20.9. The van der Waals surface area contributed by atoms with Crippen molar-refractivity contribution in [3.63, 3.8) is 0 Å². The predicted octanol–water partition coefficient (Wildman–Crippen LogP) is 11.8. The number of cyclic esters (lactones) is 1. The average Bonchev–Trinajstić information content (AvgIpc) is 3.19. The highest BCUT2D eigenvalue weighted by atomic mass is 28.4. The van der Waals surface area contributed by atoms with Crippen molar-refractivity contribution in [2.45, 2.75) is 137 Å². The first-order valence-electron chi connectivity index (χ1n) is 17.0. The van der Waals surface area contributed by atoms with E-state index in [0.717, 1.165) is 50.4 Å². The summed E-state index contributed by atoms with van der Waals surface area (Å²) in [5.41, 5.74) is 6.67. The Balaban J connectivity index is 2.06. The summed E-state index contributed by atoms with van der Waals surface area (Å²) in [6.07, 6.45) is 0. The highest BCUT2D eigenvalue weighted by molar-refractivity contribution is 6.75. The van der Waals surface area contributed by atoms with Gasteiger partial charge in [-0.1, -0.05) is 87.4 Å². The largest absolute Gasteiger partial charge is 0.543 e. The van der Waals surface area contributed by atoms with Gasteiger partial charge in [-0.3, -0.25) is 0 Å². The monoisotopic (exact) mass is 658 g/mol. The molecule has 1 aliphatic rings. The number of hydrogen-bond acceptors (Lipinski definition) is 4. The Labute approximate surface area is 281 Å². The third-order valence-corrected chi connectivity index (χ3v) is 19.5. The van der Waals surface area contributed by atoms with Crippen molar-refractivity contribution in [2.75, 3.05) is 0 Å². The fourth-order valence-electron chi connectivity index (χ4n) is 5.85. The van der Waals surface area contributed by atoms with Gasteiger partial charge >= 0.3 is 5.97 Å². The van der Waals surface area contributed by atoms with Gasteiger partial charge in [0.1, 0.15) is 11.5 Å². The Morgan fingerprint density at radius 1 is 0.652 bits per heavy atom. The molecule has 250 valence electrons. The first kappa shape index (κ1) is 36.0. The lowest BCUT2D eigenvalue weighted by Crippen LogP contribution is -2.44. The Bertz CT molecular complexity index is 1540. The lowest BCUT2D eigenvalue weighted by atomic mass is 9.74. The van der Waals surface area contributed by atoms with Crippen LogP contribution in [0.3, 0.4) is 0 Å². The van der Waals surface area contributed by atoms with E-state index >= 15 is 0 Å². The zero-order valence-corrected chi connectivity index (χ0v) is 33.4. The molecule has 1 heterocycles. The fourth-order valence-corrected chi connectivity index (χ4v) is 7.92. The summed E-state index contributed by atoms with van der Waals surface area (Å²) < 4.78 is 20.6. The molecule has 0 atom stereocenters. The van der Waals surface area contributed by atoms with Crippen LogP contribution in [0.2, 0.25) is 36.3 Å². The quantitative estimate of drug-likeness (QED) is 0.178. The Morgan fingerprint density at radius 3 is 1.41 bits per heavy atom. The minimum Gasteiger partial charge on any atom is -0.543 e. The summed E-state index contributed by atoms with van der Waals surface area (Å²) in [6.45, 7) is 35.9. The van der Waals surface area contributed by atoms with Crippen LogP contribution in [0, 0.1) is 13.8 Å². The van der Waals surface area contributed by atoms with Crippen LogP contribution < -0.4 is 8.85 Å². The SMILES string of the molecule is Cc1cc(O[Si](C)(C)C(C)(C)C)c(C(C)C)cc1C1(c2cc(C(C)C)c(O[Si](C)(C)C(C)(C)C)cc2C)OC(=O)c2ccccc21. The van der Waals surface area contributed by atoms with Crippen molar-refractivity contribution in [2.24, 2.45) is 0 Å². The third-order valence-electron chi connectivity index (χ3n) is 10.8. The minimum absolute atomic E-state index is 0.0631. The second-order valence-electron chi connectivity index (χ2n) is 17.1. The van der Waals surface area contributed by atoms with Crippen LogP contribution in [0.15, 0.2) is 48.5 Å². The number of ether oxygens (including phenoxy) is 1. The minimum atomic E-state index is -2.11. The second-order valence-corrected chi connectivity index (χ2v) is 26.5. The highest BCUT2D eigenvalue weighted by Gasteiger charge is 2.51. The molecule has 0 aliphatic carbocycles. The average molecular weight is 659 g/mol. The maximum absolute atomic E-state index is 13.8. The van der Waals surface area contributed by atoms with Gasteiger partial charge in [-0.05, 0) is 115 Å². The molecule has 46 heavy (non-hydrogen) atoms. The van der Waals surface area contributed by atoms with Crippen molar-refractivity contribution >= 4 is 22.6 Å². The number of carbonyl (C=O) groups excluding carboxylic acids is 1. The molecule has 0 spiro atoms. The van der Waals surface area contributed by atoms with Gasteiger partial charge in [0.15, 0.2) is 5.60 Å². The lowest BCUT2D eigenvalue weighted by Gasteiger charge is -2.39. The number of benzene rings is 3. The van der Waals surface area contributed by atoms with Gasteiger partial charge in [0.05, 0.1) is 5.56 Å². The van der Waals surface area contributed by atoms with Gasteiger partial charge in [0.2, 0.25) is 16.6 Å². The zero-order chi connectivity index (χ0) is 34.8. The molecule has 6 heteroatoms. The molecule has 0 fully saturated rings. The summed E-state index contributed by atoms with van der Waals surface area (Å²) in [5.74, 6) is 1.99. The zero-order valence-electron chi connectivity index (χ0n) is 31.4. The van der Waals surface area contributed by atoms with Gasteiger partial charge in [-0.2, -0.15) is 0 Å². The summed E-state index contributed by atoms with van der Waals surface area (Å²) in [4.78, 5) is 13.8. The third kappa shape index (κ3) is 6.24. The number of carbonyl (C=O) groups is 1. The van der Waals surface area contributed by atoms with Crippen LogP contribution in [-0.2, 0) is 10.3 Å². The van der Waals surface area contributed by atoms with Crippen LogP contribution in [0.5, 0.6) is 11.5 Å². The molecule has 0 radical (unpaired) electrons.